The van der Waals surface area contributed by atoms with Gasteiger partial charge in [-0.15, -0.1) is 11.8 Å². The van der Waals surface area contributed by atoms with Crippen LogP contribution in [0.2, 0.25) is 0 Å². The third-order valence-electron chi connectivity index (χ3n) is 3.46. The van der Waals surface area contributed by atoms with Gasteiger partial charge >= 0.3 is 0 Å². The predicted octanol–water partition coefficient (Wildman–Crippen LogP) is 5.93. The minimum Gasteiger partial charge on any atom is -0.126 e. The van der Waals surface area contributed by atoms with E-state index in [-0.39, 0.29) is 0 Å². The average molecular weight is 308 g/mol. The maximum atomic E-state index is 3.25. The van der Waals surface area contributed by atoms with Crippen molar-refractivity contribution in [1.29, 1.82) is 0 Å². The summed E-state index contributed by atoms with van der Waals surface area (Å²) in [6, 6.07) is 17.2. The second-order valence-corrected chi connectivity index (χ2v) is 6.59. The highest BCUT2D eigenvalue weighted by Crippen LogP contribution is 2.19. The van der Waals surface area contributed by atoms with Gasteiger partial charge in [-0.05, 0) is 60.6 Å². The van der Waals surface area contributed by atoms with E-state index in [1.807, 2.05) is 11.8 Å². The Morgan fingerprint density at radius 3 is 1.91 bits per heavy atom. The lowest BCUT2D eigenvalue weighted by molar-refractivity contribution is 0.896. The largest absolute Gasteiger partial charge is 0.126 e. The molecule has 0 bridgehead atoms. The number of rotatable bonds is 6. The van der Waals surface area contributed by atoms with E-state index in [1.165, 1.54) is 35.5 Å². The zero-order valence-electron chi connectivity index (χ0n) is 13.6. The molecule has 0 unspecified atom stereocenters. The Morgan fingerprint density at radius 2 is 1.36 bits per heavy atom. The molecule has 0 nitrogen and oxygen atoms in total. The highest BCUT2D eigenvalue weighted by molar-refractivity contribution is 7.99. The molecule has 22 heavy (non-hydrogen) atoms. The summed E-state index contributed by atoms with van der Waals surface area (Å²) in [5.41, 5.74) is 3.56. The average Bonchev–Trinajstić information content (AvgIpc) is 2.56. The third-order valence-corrected chi connectivity index (χ3v) is 4.56. The SMILES string of the molecule is CCCCSc1ccc(C#Cc2ccc(CCC)cc2)cc1. The van der Waals surface area contributed by atoms with Gasteiger partial charge in [-0.25, -0.2) is 0 Å². The summed E-state index contributed by atoms with van der Waals surface area (Å²) in [6.45, 7) is 4.44. The molecule has 2 aromatic rings. The first-order chi connectivity index (χ1) is 10.8. The zero-order valence-corrected chi connectivity index (χ0v) is 14.4. The quantitative estimate of drug-likeness (QED) is 0.362. The maximum absolute atomic E-state index is 3.25. The third kappa shape index (κ3) is 5.62. The van der Waals surface area contributed by atoms with Crippen molar-refractivity contribution in [3.8, 4) is 11.8 Å². The molecule has 1 heteroatoms. The van der Waals surface area contributed by atoms with E-state index in [2.05, 4.69) is 74.2 Å². The molecule has 2 rings (SSSR count). The summed E-state index contributed by atoms with van der Waals surface area (Å²) in [4.78, 5) is 1.34. The second-order valence-electron chi connectivity index (χ2n) is 5.42. The minimum absolute atomic E-state index is 1.08. The molecule has 2 aromatic carbocycles. The zero-order chi connectivity index (χ0) is 15.6. The van der Waals surface area contributed by atoms with Gasteiger partial charge < -0.3 is 0 Å². The molecule has 0 heterocycles. The lowest BCUT2D eigenvalue weighted by Gasteiger charge is -2.00. The number of unbranched alkanes of at least 4 members (excludes halogenated alkanes) is 1. The number of hydrogen-bond acceptors (Lipinski definition) is 1. The van der Waals surface area contributed by atoms with E-state index in [1.54, 1.807) is 0 Å². The van der Waals surface area contributed by atoms with Crippen molar-refractivity contribution in [1.82, 2.24) is 0 Å². The van der Waals surface area contributed by atoms with Crippen LogP contribution in [0.15, 0.2) is 53.4 Å². The molecule has 0 amide bonds. The summed E-state index contributed by atoms with van der Waals surface area (Å²) in [5.74, 6) is 7.69. The molecule has 0 saturated heterocycles. The first kappa shape index (κ1) is 16.7. The fourth-order valence-electron chi connectivity index (χ4n) is 2.16. The van der Waals surface area contributed by atoms with Crippen LogP contribution in [0.3, 0.4) is 0 Å². The van der Waals surface area contributed by atoms with E-state index < -0.39 is 0 Å². The number of benzene rings is 2. The topological polar surface area (TPSA) is 0 Å². The molecule has 114 valence electrons. The molecular weight excluding hydrogens is 284 g/mol. The molecule has 0 spiro atoms. The van der Waals surface area contributed by atoms with Gasteiger partial charge in [0.05, 0.1) is 0 Å². The van der Waals surface area contributed by atoms with Gasteiger partial charge in [-0.3, -0.25) is 0 Å². The molecule has 0 aliphatic heterocycles. The first-order valence-corrected chi connectivity index (χ1v) is 9.14. The second kappa shape index (κ2) is 9.38. The Kier molecular flexibility index (Phi) is 7.13. The van der Waals surface area contributed by atoms with Crippen molar-refractivity contribution in [2.45, 2.75) is 44.4 Å². The van der Waals surface area contributed by atoms with E-state index >= 15 is 0 Å². The summed E-state index contributed by atoms with van der Waals surface area (Å²) in [7, 11) is 0. The Morgan fingerprint density at radius 1 is 0.773 bits per heavy atom. The van der Waals surface area contributed by atoms with Crippen molar-refractivity contribution in [2.24, 2.45) is 0 Å². The normalized spacial score (nSPS) is 10.1. The van der Waals surface area contributed by atoms with Gasteiger partial charge in [0, 0.05) is 16.0 Å². The highest BCUT2D eigenvalue weighted by Gasteiger charge is 1.94. The van der Waals surface area contributed by atoms with Crippen LogP contribution < -0.4 is 0 Å². The van der Waals surface area contributed by atoms with Crippen molar-refractivity contribution < 1.29 is 0 Å². The molecule has 0 N–H and O–H groups in total. The summed E-state index contributed by atoms with van der Waals surface area (Å²) in [5, 5.41) is 0. The van der Waals surface area contributed by atoms with Gasteiger partial charge in [0.25, 0.3) is 0 Å². The number of hydrogen-bond donors (Lipinski definition) is 0. The van der Waals surface area contributed by atoms with E-state index in [0.717, 1.165) is 17.5 Å². The van der Waals surface area contributed by atoms with Gasteiger partial charge in [-0.2, -0.15) is 0 Å². The van der Waals surface area contributed by atoms with Crippen molar-refractivity contribution in [2.75, 3.05) is 5.75 Å². The van der Waals surface area contributed by atoms with Crippen molar-refractivity contribution in [3.05, 3.63) is 65.2 Å². The fraction of sp³-hybridized carbons (Fsp3) is 0.333. The molecule has 0 aliphatic rings. The van der Waals surface area contributed by atoms with Crippen molar-refractivity contribution in [3.63, 3.8) is 0 Å². The smallest absolute Gasteiger partial charge is 0.0249 e. The van der Waals surface area contributed by atoms with Crippen LogP contribution in [0.5, 0.6) is 0 Å². The molecule has 0 saturated carbocycles. The summed E-state index contributed by atoms with van der Waals surface area (Å²) < 4.78 is 0. The molecule has 0 aromatic heterocycles. The van der Waals surface area contributed by atoms with Crippen molar-refractivity contribution >= 4 is 11.8 Å². The lowest BCUT2D eigenvalue weighted by Crippen LogP contribution is -1.83. The lowest BCUT2D eigenvalue weighted by atomic mass is 10.1. The molecular formula is C21H24S. The van der Waals surface area contributed by atoms with Crippen LogP contribution in [0.4, 0.5) is 0 Å². The van der Waals surface area contributed by atoms with Gasteiger partial charge in [0.2, 0.25) is 0 Å². The van der Waals surface area contributed by atoms with Gasteiger partial charge in [-0.1, -0.05) is 50.7 Å². The summed E-state index contributed by atoms with van der Waals surface area (Å²) in [6.07, 6.45) is 4.87. The Balaban J connectivity index is 1.96. The van der Waals surface area contributed by atoms with Gasteiger partial charge in [0.1, 0.15) is 0 Å². The molecule has 0 fully saturated rings. The molecule has 0 radical (unpaired) electrons. The monoisotopic (exact) mass is 308 g/mol. The number of aryl methyl sites for hydroxylation is 1. The van der Waals surface area contributed by atoms with E-state index in [9.17, 15) is 0 Å². The van der Waals surface area contributed by atoms with Crippen LogP contribution in [0.25, 0.3) is 0 Å². The first-order valence-electron chi connectivity index (χ1n) is 8.15. The summed E-state index contributed by atoms with van der Waals surface area (Å²) >= 11 is 1.93. The molecule has 0 aliphatic carbocycles. The predicted molar refractivity (Wildman–Crippen MR) is 98.5 cm³/mol. The van der Waals surface area contributed by atoms with Crippen LogP contribution in [-0.4, -0.2) is 5.75 Å². The highest BCUT2D eigenvalue weighted by atomic mass is 32.2. The van der Waals surface area contributed by atoms with Crippen LogP contribution in [-0.2, 0) is 6.42 Å². The standard InChI is InChI=1S/C21H24S/c1-3-5-17-22-21-15-13-20(14-16-21)12-11-19-9-7-18(6-4-2)8-10-19/h7-10,13-16H,3-6,17H2,1-2H3. The fourth-order valence-corrected chi connectivity index (χ4v) is 3.15. The minimum atomic E-state index is 1.08. The number of thioether (sulfide) groups is 1. The van der Waals surface area contributed by atoms with E-state index in [0.29, 0.717) is 0 Å². The maximum Gasteiger partial charge on any atom is 0.0249 e. The Hall–Kier alpha value is -1.65. The van der Waals surface area contributed by atoms with Crippen LogP contribution in [0, 0.1) is 11.8 Å². The Labute approximate surface area is 139 Å². The van der Waals surface area contributed by atoms with Crippen LogP contribution in [0.1, 0.15) is 49.8 Å². The van der Waals surface area contributed by atoms with E-state index in [4.69, 9.17) is 0 Å². The molecule has 0 atom stereocenters. The van der Waals surface area contributed by atoms with Crippen LogP contribution >= 0.6 is 11.8 Å². The van der Waals surface area contributed by atoms with Gasteiger partial charge in [0.15, 0.2) is 0 Å². The Bertz CT molecular complexity index is 612.